The SMILES string of the molecule is CCCCCCCN1CCc2ccccc21. The van der Waals surface area contributed by atoms with E-state index in [-0.39, 0.29) is 0 Å². The summed E-state index contributed by atoms with van der Waals surface area (Å²) in [5.41, 5.74) is 3.02. The molecule has 1 aromatic rings. The number of fused-ring (bicyclic) bond motifs is 1. The fraction of sp³-hybridized carbons (Fsp3) is 0.600. The summed E-state index contributed by atoms with van der Waals surface area (Å²) in [4.78, 5) is 2.56. The summed E-state index contributed by atoms with van der Waals surface area (Å²) in [5.74, 6) is 0. The fourth-order valence-corrected chi connectivity index (χ4v) is 2.55. The Bertz CT molecular complexity index is 319. The van der Waals surface area contributed by atoms with Crippen LogP contribution < -0.4 is 4.90 Å². The monoisotopic (exact) mass is 217 g/mol. The van der Waals surface area contributed by atoms with Gasteiger partial charge in [-0.3, -0.25) is 0 Å². The first-order chi connectivity index (χ1) is 7.92. The van der Waals surface area contributed by atoms with Crippen molar-refractivity contribution in [2.24, 2.45) is 0 Å². The largest absolute Gasteiger partial charge is 0.371 e. The number of hydrogen-bond donors (Lipinski definition) is 0. The summed E-state index contributed by atoms with van der Waals surface area (Å²) in [7, 11) is 0. The Morgan fingerprint density at radius 3 is 2.75 bits per heavy atom. The summed E-state index contributed by atoms with van der Waals surface area (Å²) >= 11 is 0. The van der Waals surface area contributed by atoms with E-state index in [1.165, 1.54) is 62.9 Å². The normalized spacial score (nSPS) is 14.2. The Kier molecular flexibility index (Phi) is 4.26. The lowest BCUT2D eigenvalue weighted by Gasteiger charge is -2.19. The first kappa shape index (κ1) is 11.5. The molecule has 0 aliphatic carbocycles. The maximum Gasteiger partial charge on any atom is 0.0399 e. The van der Waals surface area contributed by atoms with Gasteiger partial charge in [0.1, 0.15) is 0 Å². The van der Waals surface area contributed by atoms with Crippen LogP contribution in [0.25, 0.3) is 0 Å². The number of unbranched alkanes of at least 4 members (excludes halogenated alkanes) is 4. The van der Waals surface area contributed by atoms with Gasteiger partial charge in [-0.05, 0) is 24.5 Å². The highest BCUT2D eigenvalue weighted by atomic mass is 15.1. The molecule has 0 saturated heterocycles. The molecule has 0 fully saturated rings. The lowest BCUT2D eigenvalue weighted by atomic mass is 10.1. The van der Waals surface area contributed by atoms with Crippen LogP contribution in [-0.4, -0.2) is 13.1 Å². The van der Waals surface area contributed by atoms with Crippen molar-refractivity contribution in [1.82, 2.24) is 0 Å². The Morgan fingerprint density at radius 1 is 1.06 bits per heavy atom. The topological polar surface area (TPSA) is 3.24 Å². The number of anilines is 1. The molecule has 1 aromatic carbocycles. The van der Waals surface area contributed by atoms with Crippen LogP contribution in [0.2, 0.25) is 0 Å². The van der Waals surface area contributed by atoms with E-state index in [9.17, 15) is 0 Å². The van der Waals surface area contributed by atoms with Crippen molar-refractivity contribution < 1.29 is 0 Å². The van der Waals surface area contributed by atoms with Gasteiger partial charge in [0.2, 0.25) is 0 Å². The third kappa shape index (κ3) is 2.78. The molecule has 0 N–H and O–H groups in total. The van der Waals surface area contributed by atoms with Gasteiger partial charge >= 0.3 is 0 Å². The third-order valence-electron chi connectivity index (χ3n) is 3.51. The zero-order valence-electron chi connectivity index (χ0n) is 10.4. The standard InChI is InChI=1S/C15H23N/c1-2-3-4-5-8-12-16-13-11-14-9-6-7-10-15(14)16/h6-7,9-10H,2-5,8,11-13H2,1H3. The fourth-order valence-electron chi connectivity index (χ4n) is 2.55. The molecular weight excluding hydrogens is 194 g/mol. The molecule has 1 heterocycles. The minimum absolute atomic E-state index is 1.23. The van der Waals surface area contributed by atoms with E-state index >= 15 is 0 Å². The van der Waals surface area contributed by atoms with Crippen molar-refractivity contribution >= 4 is 5.69 Å². The molecule has 0 aromatic heterocycles. The first-order valence-electron chi connectivity index (χ1n) is 6.74. The maximum absolute atomic E-state index is 2.56. The molecule has 0 spiro atoms. The van der Waals surface area contributed by atoms with Crippen LogP contribution in [0.5, 0.6) is 0 Å². The highest BCUT2D eigenvalue weighted by Gasteiger charge is 2.16. The minimum Gasteiger partial charge on any atom is -0.371 e. The quantitative estimate of drug-likeness (QED) is 0.650. The van der Waals surface area contributed by atoms with Crippen molar-refractivity contribution in [1.29, 1.82) is 0 Å². The number of nitrogens with zero attached hydrogens (tertiary/aromatic N) is 1. The second-order valence-corrected chi connectivity index (χ2v) is 4.78. The lowest BCUT2D eigenvalue weighted by Crippen LogP contribution is -2.21. The van der Waals surface area contributed by atoms with Crippen LogP contribution in [-0.2, 0) is 6.42 Å². The highest BCUT2D eigenvalue weighted by Crippen LogP contribution is 2.27. The molecule has 2 rings (SSSR count). The van der Waals surface area contributed by atoms with Gasteiger partial charge in [0.15, 0.2) is 0 Å². The van der Waals surface area contributed by atoms with Crippen molar-refractivity contribution in [3.8, 4) is 0 Å². The summed E-state index contributed by atoms with van der Waals surface area (Å²) < 4.78 is 0. The summed E-state index contributed by atoms with van der Waals surface area (Å²) in [6.07, 6.45) is 8.14. The summed E-state index contributed by atoms with van der Waals surface area (Å²) in [6, 6.07) is 8.86. The number of hydrogen-bond acceptors (Lipinski definition) is 1. The molecule has 0 unspecified atom stereocenters. The van der Waals surface area contributed by atoms with Gasteiger partial charge in [0.05, 0.1) is 0 Å². The van der Waals surface area contributed by atoms with E-state index in [1.807, 2.05) is 0 Å². The predicted octanol–water partition coefficient (Wildman–Crippen LogP) is 4.02. The number of benzene rings is 1. The Hall–Kier alpha value is -0.980. The number of rotatable bonds is 6. The van der Waals surface area contributed by atoms with Crippen molar-refractivity contribution in [2.45, 2.75) is 45.4 Å². The molecule has 0 saturated carbocycles. The second-order valence-electron chi connectivity index (χ2n) is 4.78. The molecule has 0 radical (unpaired) electrons. The van der Waals surface area contributed by atoms with Gasteiger partial charge in [-0.2, -0.15) is 0 Å². The minimum atomic E-state index is 1.23. The predicted molar refractivity (Wildman–Crippen MR) is 71.1 cm³/mol. The van der Waals surface area contributed by atoms with Gasteiger partial charge in [0.25, 0.3) is 0 Å². The second kappa shape index (κ2) is 5.93. The molecule has 1 heteroatoms. The van der Waals surface area contributed by atoms with E-state index < -0.39 is 0 Å². The van der Waals surface area contributed by atoms with Gasteiger partial charge in [0, 0.05) is 18.8 Å². The van der Waals surface area contributed by atoms with E-state index in [0.717, 1.165) is 0 Å². The maximum atomic E-state index is 2.56. The average Bonchev–Trinajstić information content (AvgIpc) is 2.73. The molecule has 16 heavy (non-hydrogen) atoms. The van der Waals surface area contributed by atoms with Gasteiger partial charge in [-0.15, -0.1) is 0 Å². The Balaban J connectivity index is 1.76. The Morgan fingerprint density at radius 2 is 1.88 bits per heavy atom. The molecule has 0 atom stereocenters. The highest BCUT2D eigenvalue weighted by molar-refractivity contribution is 5.57. The molecule has 1 aliphatic rings. The van der Waals surface area contributed by atoms with E-state index in [4.69, 9.17) is 0 Å². The number of para-hydroxylation sites is 1. The van der Waals surface area contributed by atoms with Crippen molar-refractivity contribution in [3.05, 3.63) is 29.8 Å². The van der Waals surface area contributed by atoms with Gasteiger partial charge < -0.3 is 4.90 Å². The van der Waals surface area contributed by atoms with Gasteiger partial charge in [-0.1, -0.05) is 50.8 Å². The lowest BCUT2D eigenvalue weighted by molar-refractivity contribution is 0.623. The zero-order chi connectivity index (χ0) is 11.2. The van der Waals surface area contributed by atoms with Crippen LogP contribution in [0.3, 0.4) is 0 Å². The molecule has 1 aliphatic heterocycles. The Labute approximate surface area is 99.5 Å². The molecule has 0 bridgehead atoms. The summed E-state index contributed by atoms with van der Waals surface area (Å²) in [5, 5.41) is 0. The molecule has 88 valence electrons. The molecule has 1 nitrogen and oxygen atoms in total. The van der Waals surface area contributed by atoms with Crippen molar-refractivity contribution in [3.63, 3.8) is 0 Å². The summed E-state index contributed by atoms with van der Waals surface area (Å²) in [6.45, 7) is 4.75. The van der Waals surface area contributed by atoms with E-state index in [0.29, 0.717) is 0 Å². The van der Waals surface area contributed by atoms with Crippen LogP contribution in [0, 0.1) is 0 Å². The first-order valence-corrected chi connectivity index (χ1v) is 6.74. The zero-order valence-corrected chi connectivity index (χ0v) is 10.4. The van der Waals surface area contributed by atoms with E-state index in [2.05, 4.69) is 36.1 Å². The third-order valence-corrected chi connectivity index (χ3v) is 3.51. The van der Waals surface area contributed by atoms with E-state index in [1.54, 1.807) is 0 Å². The van der Waals surface area contributed by atoms with Crippen LogP contribution in [0.15, 0.2) is 24.3 Å². The molecular formula is C15H23N. The average molecular weight is 217 g/mol. The smallest absolute Gasteiger partial charge is 0.0399 e. The van der Waals surface area contributed by atoms with Crippen LogP contribution in [0.4, 0.5) is 5.69 Å². The van der Waals surface area contributed by atoms with Crippen LogP contribution >= 0.6 is 0 Å². The molecule has 0 amide bonds. The van der Waals surface area contributed by atoms with Crippen molar-refractivity contribution in [2.75, 3.05) is 18.0 Å². The van der Waals surface area contributed by atoms with Crippen LogP contribution in [0.1, 0.15) is 44.6 Å². The van der Waals surface area contributed by atoms with Gasteiger partial charge in [-0.25, -0.2) is 0 Å².